The minimum absolute atomic E-state index is 0.0881. The lowest BCUT2D eigenvalue weighted by molar-refractivity contribution is -0.254. The minimum atomic E-state index is -1.23. The maximum atomic E-state index is 11.1. The molecule has 18 heavy (non-hydrogen) atoms. The van der Waals surface area contributed by atoms with Crippen LogP contribution < -0.4 is 9.84 Å². The van der Waals surface area contributed by atoms with Crippen LogP contribution in [0.15, 0.2) is 30.5 Å². The molecule has 0 saturated carbocycles. The Morgan fingerprint density at radius 2 is 2.28 bits per heavy atom. The lowest BCUT2D eigenvalue weighted by Crippen LogP contribution is -2.22. The maximum absolute atomic E-state index is 11.1. The van der Waals surface area contributed by atoms with Gasteiger partial charge in [-0.2, -0.15) is 5.10 Å². The Bertz CT molecular complexity index is 575. The van der Waals surface area contributed by atoms with Crippen LogP contribution in [0.25, 0.3) is 11.3 Å². The van der Waals surface area contributed by atoms with Crippen LogP contribution in [-0.4, -0.2) is 22.9 Å². The summed E-state index contributed by atoms with van der Waals surface area (Å²) < 4.78 is 6.68. The molecule has 0 fully saturated rings. The van der Waals surface area contributed by atoms with Crippen LogP contribution in [0.1, 0.15) is 17.3 Å². The van der Waals surface area contributed by atoms with Gasteiger partial charge >= 0.3 is 0 Å². The summed E-state index contributed by atoms with van der Waals surface area (Å²) >= 11 is 0. The number of aromatic nitrogens is 2. The lowest BCUT2D eigenvalue weighted by Gasteiger charge is -2.05. The third kappa shape index (κ3) is 2.20. The number of rotatable bonds is 4. The summed E-state index contributed by atoms with van der Waals surface area (Å²) in [6, 6.07) is 7.11. The number of aryl methyl sites for hydroxylation is 1. The number of carboxylic acids is 1. The van der Waals surface area contributed by atoms with Crippen molar-refractivity contribution in [2.24, 2.45) is 0 Å². The van der Waals surface area contributed by atoms with Crippen molar-refractivity contribution < 1.29 is 14.6 Å². The van der Waals surface area contributed by atoms with Crippen molar-refractivity contribution in [3.05, 3.63) is 36.0 Å². The smallest absolute Gasteiger partial charge is 0.119 e. The molecule has 5 heteroatoms. The highest BCUT2D eigenvalue weighted by molar-refractivity contribution is 5.93. The molecule has 5 nitrogen and oxygen atoms in total. The summed E-state index contributed by atoms with van der Waals surface area (Å²) in [7, 11) is 1.56. The van der Waals surface area contributed by atoms with E-state index >= 15 is 0 Å². The molecule has 0 radical (unpaired) electrons. The van der Waals surface area contributed by atoms with Crippen LogP contribution in [0.5, 0.6) is 5.75 Å². The molecule has 0 spiro atoms. The van der Waals surface area contributed by atoms with Gasteiger partial charge in [0.2, 0.25) is 0 Å². The topological polar surface area (TPSA) is 67.2 Å². The van der Waals surface area contributed by atoms with Crippen molar-refractivity contribution in [1.82, 2.24) is 9.78 Å². The SMILES string of the molecule is CCn1cc(C(=O)[O-])c(-c2cccc(OC)c2)n1. The first-order chi connectivity index (χ1) is 8.65. The predicted molar refractivity (Wildman–Crippen MR) is 64.2 cm³/mol. The second-order valence-corrected chi connectivity index (χ2v) is 3.77. The van der Waals surface area contributed by atoms with Crippen LogP contribution in [-0.2, 0) is 6.54 Å². The van der Waals surface area contributed by atoms with E-state index in [1.54, 1.807) is 36.1 Å². The van der Waals surface area contributed by atoms with E-state index in [1.165, 1.54) is 6.20 Å². The van der Waals surface area contributed by atoms with Gasteiger partial charge in [-0.1, -0.05) is 12.1 Å². The number of carboxylic acid groups (broad SMARTS) is 1. The molecule has 94 valence electrons. The number of carbonyl (C=O) groups excluding carboxylic acids is 1. The van der Waals surface area contributed by atoms with E-state index in [2.05, 4.69) is 5.10 Å². The number of ether oxygens (including phenoxy) is 1. The van der Waals surface area contributed by atoms with Crippen LogP contribution in [0.2, 0.25) is 0 Å². The average Bonchev–Trinajstić information content (AvgIpc) is 2.83. The van der Waals surface area contributed by atoms with Gasteiger partial charge in [-0.3, -0.25) is 4.68 Å². The zero-order chi connectivity index (χ0) is 13.1. The average molecular weight is 245 g/mol. The number of hydrogen-bond donors (Lipinski definition) is 0. The zero-order valence-electron chi connectivity index (χ0n) is 10.2. The van der Waals surface area contributed by atoms with Gasteiger partial charge in [0, 0.05) is 23.9 Å². The molecule has 0 atom stereocenters. The van der Waals surface area contributed by atoms with E-state index in [-0.39, 0.29) is 5.56 Å². The van der Waals surface area contributed by atoms with E-state index < -0.39 is 5.97 Å². The fraction of sp³-hybridized carbons (Fsp3) is 0.231. The van der Waals surface area contributed by atoms with Crippen molar-refractivity contribution in [1.29, 1.82) is 0 Å². The second-order valence-electron chi connectivity index (χ2n) is 3.77. The van der Waals surface area contributed by atoms with Crippen LogP contribution in [0.3, 0.4) is 0 Å². The number of benzene rings is 1. The van der Waals surface area contributed by atoms with E-state index in [4.69, 9.17) is 4.74 Å². The van der Waals surface area contributed by atoms with Crippen molar-refractivity contribution in [3.8, 4) is 17.0 Å². The van der Waals surface area contributed by atoms with E-state index in [9.17, 15) is 9.90 Å². The second kappa shape index (κ2) is 4.91. The first-order valence-corrected chi connectivity index (χ1v) is 5.59. The molecule has 1 aromatic heterocycles. The highest BCUT2D eigenvalue weighted by atomic mass is 16.5. The van der Waals surface area contributed by atoms with Gasteiger partial charge < -0.3 is 14.6 Å². The van der Waals surface area contributed by atoms with Gasteiger partial charge in [0.1, 0.15) is 11.4 Å². The first-order valence-electron chi connectivity index (χ1n) is 5.59. The monoisotopic (exact) mass is 245 g/mol. The Morgan fingerprint density at radius 1 is 1.50 bits per heavy atom. The summed E-state index contributed by atoms with van der Waals surface area (Å²) in [5.41, 5.74) is 1.18. The number of nitrogens with zero attached hydrogens (tertiary/aromatic N) is 2. The molecule has 0 unspecified atom stereocenters. The van der Waals surface area contributed by atoms with Gasteiger partial charge in [-0.25, -0.2) is 0 Å². The quantitative estimate of drug-likeness (QED) is 0.804. The van der Waals surface area contributed by atoms with Crippen molar-refractivity contribution >= 4 is 5.97 Å². The molecule has 2 rings (SSSR count). The summed E-state index contributed by atoms with van der Waals surface area (Å²) in [5.74, 6) is -0.574. The van der Waals surface area contributed by atoms with Gasteiger partial charge in [0.05, 0.1) is 13.1 Å². The third-order valence-corrected chi connectivity index (χ3v) is 2.65. The number of hydrogen-bond acceptors (Lipinski definition) is 4. The van der Waals surface area contributed by atoms with Gasteiger partial charge in [-0.05, 0) is 19.1 Å². The molecular weight excluding hydrogens is 232 g/mol. The number of carbonyl (C=O) groups is 1. The van der Waals surface area contributed by atoms with Crippen molar-refractivity contribution in [3.63, 3.8) is 0 Å². The molecule has 0 N–H and O–H groups in total. The summed E-state index contributed by atoms with van der Waals surface area (Å²) in [4.78, 5) is 11.1. The van der Waals surface area contributed by atoms with E-state index in [0.29, 0.717) is 23.6 Å². The largest absolute Gasteiger partial charge is 0.545 e. The van der Waals surface area contributed by atoms with Crippen molar-refractivity contribution in [2.45, 2.75) is 13.5 Å². The molecule has 1 aromatic carbocycles. The minimum Gasteiger partial charge on any atom is -0.545 e. The highest BCUT2D eigenvalue weighted by Gasteiger charge is 2.12. The Hall–Kier alpha value is -2.30. The summed E-state index contributed by atoms with van der Waals surface area (Å²) in [6.07, 6.45) is 1.48. The molecule has 0 aliphatic carbocycles. The molecule has 0 bridgehead atoms. The lowest BCUT2D eigenvalue weighted by atomic mass is 10.1. The number of methoxy groups -OCH3 is 1. The Labute approximate surface area is 105 Å². The first kappa shape index (κ1) is 12.2. The molecule has 0 aliphatic rings. The van der Waals surface area contributed by atoms with Gasteiger partial charge in [0.25, 0.3) is 0 Å². The fourth-order valence-corrected chi connectivity index (χ4v) is 1.72. The maximum Gasteiger partial charge on any atom is 0.119 e. The van der Waals surface area contributed by atoms with Crippen LogP contribution >= 0.6 is 0 Å². The molecule has 2 aromatic rings. The van der Waals surface area contributed by atoms with Crippen LogP contribution in [0.4, 0.5) is 0 Å². The predicted octanol–water partition coefficient (Wildman–Crippen LogP) is 0.942. The normalized spacial score (nSPS) is 10.3. The molecule has 1 heterocycles. The molecule has 0 aliphatic heterocycles. The Kier molecular flexibility index (Phi) is 3.32. The van der Waals surface area contributed by atoms with Gasteiger partial charge in [-0.15, -0.1) is 0 Å². The fourth-order valence-electron chi connectivity index (χ4n) is 1.72. The Balaban J connectivity index is 2.54. The Morgan fingerprint density at radius 3 is 2.89 bits per heavy atom. The molecule has 0 amide bonds. The van der Waals surface area contributed by atoms with E-state index in [1.807, 2.05) is 6.92 Å². The summed E-state index contributed by atoms with van der Waals surface area (Å²) in [5, 5.41) is 15.3. The summed E-state index contributed by atoms with van der Waals surface area (Å²) in [6.45, 7) is 2.49. The van der Waals surface area contributed by atoms with Gasteiger partial charge in [0.15, 0.2) is 0 Å². The number of aromatic carboxylic acids is 1. The zero-order valence-corrected chi connectivity index (χ0v) is 10.2. The van der Waals surface area contributed by atoms with E-state index in [0.717, 1.165) is 0 Å². The highest BCUT2D eigenvalue weighted by Crippen LogP contribution is 2.25. The van der Waals surface area contributed by atoms with Crippen LogP contribution in [0, 0.1) is 0 Å². The van der Waals surface area contributed by atoms with Crippen molar-refractivity contribution in [2.75, 3.05) is 7.11 Å². The molecular formula is C13H13N2O3-. The third-order valence-electron chi connectivity index (χ3n) is 2.65. The molecule has 0 saturated heterocycles. The standard InChI is InChI=1S/C13H14N2O3/c1-3-15-8-11(13(16)17)12(14-15)9-5-4-6-10(7-9)18-2/h4-8H,3H2,1-2H3,(H,16,17)/p-1.